The van der Waals surface area contributed by atoms with Gasteiger partial charge in [0, 0.05) is 15.2 Å². The maximum atomic E-state index is 10.5. The first kappa shape index (κ1) is 14.9. The number of benzene rings is 2. The normalized spacial score (nSPS) is 12.3. The highest BCUT2D eigenvalue weighted by Gasteiger charge is 2.24. The van der Waals surface area contributed by atoms with E-state index in [4.69, 9.17) is 0 Å². The average molecular weight is 386 g/mol. The van der Waals surface area contributed by atoms with Gasteiger partial charge in [-0.3, -0.25) is 0 Å². The van der Waals surface area contributed by atoms with E-state index in [0.29, 0.717) is 0 Å². The fourth-order valence-corrected chi connectivity index (χ4v) is 4.40. The number of thiophene rings is 1. The lowest BCUT2D eigenvalue weighted by molar-refractivity contribution is 0.0826. The Bertz CT molecular complexity index is 1020. The van der Waals surface area contributed by atoms with Crippen LogP contribution in [-0.4, -0.2) is 9.67 Å². The van der Waals surface area contributed by atoms with E-state index < -0.39 is 5.60 Å². The molecule has 2 aromatic carbocycles. The standard InChI is InChI=1S/C19H16BrNOS/c1-19(2,22)18-17(9-10-23-18)21-15-6-4-3-5-13(15)14-11-12(20)7-8-16(14)21/h3-11,22H,1-2H3. The zero-order valence-corrected chi connectivity index (χ0v) is 15.3. The highest BCUT2D eigenvalue weighted by molar-refractivity contribution is 9.10. The van der Waals surface area contributed by atoms with Crippen molar-refractivity contribution in [2.24, 2.45) is 0 Å². The van der Waals surface area contributed by atoms with Crippen molar-refractivity contribution in [3.8, 4) is 5.69 Å². The Hall–Kier alpha value is -1.62. The highest BCUT2D eigenvalue weighted by atomic mass is 79.9. The molecule has 116 valence electrons. The van der Waals surface area contributed by atoms with Crippen molar-refractivity contribution >= 4 is 49.1 Å². The number of aliphatic hydroxyl groups is 1. The number of aromatic nitrogens is 1. The van der Waals surface area contributed by atoms with Crippen LogP contribution in [0, 0.1) is 0 Å². The number of hydrogen-bond acceptors (Lipinski definition) is 2. The van der Waals surface area contributed by atoms with Crippen LogP contribution < -0.4 is 0 Å². The number of hydrogen-bond donors (Lipinski definition) is 1. The highest BCUT2D eigenvalue weighted by Crippen LogP contribution is 2.38. The Morgan fingerprint density at radius 3 is 2.52 bits per heavy atom. The van der Waals surface area contributed by atoms with Crippen molar-refractivity contribution < 1.29 is 5.11 Å². The summed E-state index contributed by atoms with van der Waals surface area (Å²) in [5.41, 5.74) is 2.50. The molecule has 0 saturated carbocycles. The lowest BCUT2D eigenvalue weighted by Crippen LogP contribution is -2.16. The molecule has 4 aromatic rings. The van der Waals surface area contributed by atoms with Gasteiger partial charge < -0.3 is 9.67 Å². The van der Waals surface area contributed by atoms with Gasteiger partial charge in [0.05, 0.1) is 27.2 Å². The second-order valence-electron chi connectivity index (χ2n) is 6.21. The van der Waals surface area contributed by atoms with Crippen molar-refractivity contribution in [3.63, 3.8) is 0 Å². The summed E-state index contributed by atoms with van der Waals surface area (Å²) in [6, 6.07) is 16.8. The molecule has 4 heteroatoms. The van der Waals surface area contributed by atoms with E-state index >= 15 is 0 Å². The van der Waals surface area contributed by atoms with Crippen LogP contribution in [0.15, 0.2) is 58.4 Å². The fourth-order valence-electron chi connectivity index (χ4n) is 3.14. The second kappa shape index (κ2) is 5.20. The summed E-state index contributed by atoms with van der Waals surface area (Å²) in [6.07, 6.45) is 0. The van der Waals surface area contributed by atoms with Crippen LogP contribution in [0.3, 0.4) is 0 Å². The second-order valence-corrected chi connectivity index (χ2v) is 8.04. The molecular formula is C19H16BrNOS. The summed E-state index contributed by atoms with van der Waals surface area (Å²) in [7, 11) is 0. The minimum Gasteiger partial charge on any atom is -0.385 e. The van der Waals surface area contributed by atoms with Crippen LogP contribution in [-0.2, 0) is 5.60 Å². The van der Waals surface area contributed by atoms with Gasteiger partial charge in [0.25, 0.3) is 0 Å². The van der Waals surface area contributed by atoms with Gasteiger partial charge in [-0.05, 0) is 49.6 Å². The molecule has 4 rings (SSSR count). The summed E-state index contributed by atoms with van der Waals surface area (Å²) in [5.74, 6) is 0. The van der Waals surface area contributed by atoms with Gasteiger partial charge in [-0.1, -0.05) is 34.1 Å². The van der Waals surface area contributed by atoms with E-state index in [1.54, 1.807) is 11.3 Å². The molecule has 23 heavy (non-hydrogen) atoms. The summed E-state index contributed by atoms with van der Waals surface area (Å²) in [4.78, 5) is 0.975. The molecule has 0 unspecified atom stereocenters. The first-order valence-corrected chi connectivity index (χ1v) is 9.13. The predicted octanol–water partition coefficient (Wildman–Crippen LogP) is 5.84. The third-order valence-corrected chi connectivity index (χ3v) is 5.79. The molecule has 0 aliphatic carbocycles. The van der Waals surface area contributed by atoms with Crippen molar-refractivity contribution in [2.75, 3.05) is 0 Å². The zero-order valence-electron chi connectivity index (χ0n) is 12.9. The number of nitrogens with zero attached hydrogens (tertiary/aromatic N) is 1. The van der Waals surface area contributed by atoms with Gasteiger partial charge >= 0.3 is 0 Å². The van der Waals surface area contributed by atoms with Crippen molar-refractivity contribution in [2.45, 2.75) is 19.4 Å². The third kappa shape index (κ3) is 2.33. The van der Waals surface area contributed by atoms with E-state index in [2.05, 4.69) is 69.0 Å². The van der Waals surface area contributed by atoms with Crippen LogP contribution in [0.1, 0.15) is 18.7 Å². The molecule has 0 atom stereocenters. The minimum absolute atomic E-state index is 0.865. The third-order valence-electron chi connectivity index (χ3n) is 4.08. The number of fused-ring (bicyclic) bond motifs is 3. The van der Waals surface area contributed by atoms with Crippen LogP contribution in [0.5, 0.6) is 0 Å². The molecule has 0 fully saturated rings. The number of para-hydroxylation sites is 1. The van der Waals surface area contributed by atoms with Crippen LogP contribution >= 0.6 is 27.3 Å². The van der Waals surface area contributed by atoms with E-state index in [0.717, 1.165) is 26.1 Å². The summed E-state index contributed by atoms with van der Waals surface area (Å²) in [6.45, 7) is 3.68. The molecule has 0 spiro atoms. The Morgan fingerprint density at radius 2 is 1.74 bits per heavy atom. The van der Waals surface area contributed by atoms with Crippen molar-refractivity contribution in [1.29, 1.82) is 0 Å². The molecular weight excluding hydrogens is 370 g/mol. The first-order chi connectivity index (χ1) is 11.0. The lowest BCUT2D eigenvalue weighted by Gasteiger charge is -2.19. The first-order valence-electron chi connectivity index (χ1n) is 7.46. The molecule has 0 amide bonds. The Kier molecular flexibility index (Phi) is 3.38. The summed E-state index contributed by atoms with van der Waals surface area (Å²) >= 11 is 5.17. The van der Waals surface area contributed by atoms with E-state index in [9.17, 15) is 5.11 Å². The Morgan fingerprint density at radius 1 is 1.00 bits per heavy atom. The SMILES string of the molecule is CC(C)(O)c1sccc1-n1c2ccccc2c2cc(Br)ccc21. The molecule has 0 aliphatic rings. The largest absolute Gasteiger partial charge is 0.385 e. The number of rotatable bonds is 2. The fraction of sp³-hybridized carbons (Fsp3) is 0.158. The van der Waals surface area contributed by atoms with Crippen LogP contribution in [0.2, 0.25) is 0 Å². The zero-order chi connectivity index (χ0) is 16.2. The van der Waals surface area contributed by atoms with Gasteiger partial charge in [0.1, 0.15) is 0 Å². The summed E-state index contributed by atoms with van der Waals surface area (Å²) < 4.78 is 3.32. The maximum absolute atomic E-state index is 10.5. The molecule has 0 bridgehead atoms. The maximum Gasteiger partial charge on any atom is 0.0953 e. The van der Waals surface area contributed by atoms with E-state index in [1.165, 1.54) is 10.8 Å². The molecule has 1 N–H and O–H groups in total. The minimum atomic E-state index is -0.865. The molecule has 2 aromatic heterocycles. The monoisotopic (exact) mass is 385 g/mol. The Balaban J connectivity index is 2.17. The quantitative estimate of drug-likeness (QED) is 0.460. The van der Waals surface area contributed by atoms with Gasteiger partial charge in [0.15, 0.2) is 0 Å². The molecule has 0 aliphatic heterocycles. The van der Waals surface area contributed by atoms with Crippen LogP contribution in [0.25, 0.3) is 27.5 Å². The van der Waals surface area contributed by atoms with Crippen LogP contribution in [0.4, 0.5) is 0 Å². The van der Waals surface area contributed by atoms with Gasteiger partial charge in [-0.15, -0.1) is 11.3 Å². The topological polar surface area (TPSA) is 25.2 Å². The molecule has 2 heterocycles. The smallest absolute Gasteiger partial charge is 0.0953 e. The summed E-state index contributed by atoms with van der Waals surface area (Å²) in [5, 5.41) is 15.0. The average Bonchev–Trinajstić information content (AvgIpc) is 3.09. The number of halogens is 1. The molecule has 0 saturated heterocycles. The van der Waals surface area contributed by atoms with Crippen molar-refractivity contribution in [1.82, 2.24) is 4.57 Å². The lowest BCUT2D eigenvalue weighted by atomic mass is 10.1. The van der Waals surface area contributed by atoms with Crippen molar-refractivity contribution in [3.05, 3.63) is 63.3 Å². The Labute approximate surface area is 147 Å². The van der Waals surface area contributed by atoms with Gasteiger partial charge in [-0.25, -0.2) is 0 Å². The van der Waals surface area contributed by atoms with E-state index in [1.807, 2.05) is 19.2 Å². The molecule has 0 radical (unpaired) electrons. The molecule has 2 nitrogen and oxygen atoms in total. The predicted molar refractivity (Wildman–Crippen MR) is 102 cm³/mol. The van der Waals surface area contributed by atoms with Gasteiger partial charge in [-0.2, -0.15) is 0 Å². The van der Waals surface area contributed by atoms with E-state index in [-0.39, 0.29) is 0 Å². The van der Waals surface area contributed by atoms with Gasteiger partial charge in [0.2, 0.25) is 0 Å².